The molecular formula is C30H24Ge. The van der Waals surface area contributed by atoms with Crippen LogP contribution in [0.25, 0.3) is 11.1 Å². The van der Waals surface area contributed by atoms with E-state index in [4.69, 9.17) is 0 Å². The van der Waals surface area contributed by atoms with E-state index in [1.54, 1.807) is 13.2 Å². The van der Waals surface area contributed by atoms with Gasteiger partial charge in [-0.1, -0.05) is 0 Å². The molecule has 0 aliphatic heterocycles. The normalized spacial score (nSPS) is 14.9. The Labute approximate surface area is 187 Å². The zero-order valence-electron chi connectivity index (χ0n) is 17.4. The Morgan fingerprint density at radius 1 is 0.548 bits per heavy atom. The van der Waals surface area contributed by atoms with Crippen molar-refractivity contribution in [3.05, 3.63) is 143 Å². The summed E-state index contributed by atoms with van der Waals surface area (Å²) < 4.78 is 5.14. The molecule has 0 fully saturated rings. The maximum absolute atomic E-state index is 3.13. The molecule has 0 radical (unpaired) electrons. The van der Waals surface area contributed by atoms with Crippen molar-refractivity contribution in [2.45, 2.75) is 11.2 Å². The number of allylic oxidation sites excluding steroid dienone is 4. The number of fused-ring (bicyclic) bond motifs is 3. The minimum absolute atomic E-state index is 0.406. The van der Waals surface area contributed by atoms with Crippen LogP contribution < -0.4 is 8.79 Å². The second-order valence-corrected chi connectivity index (χ2v) is 16.8. The first-order valence-corrected chi connectivity index (χ1v) is 15.4. The molecule has 6 rings (SSSR count). The van der Waals surface area contributed by atoms with E-state index in [1.165, 1.54) is 22.3 Å². The van der Waals surface area contributed by atoms with Crippen LogP contribution in [0.15, 0.2) is 132 Å². The van der Waals surface area contributed by atoms with Gasteiger partial charge in [0.25, 0.3) is 0 Å². The van der Waals surface area contributed by atoms with Crippen molar-refractivity contribution in [2.24, 2.45) is 0 Å². The van der Waals surface area contributed by atoms with Gasteiger partial charge in [0.2, 0.25) is 0 Å². The van der Waals surface area contributed by atoms with Gasteiger partial charge in [0.05, 0.1) is 0 Å². The summed E-state index contributed by atoms with van der Waals surface area (Å²) in [6.07, 6.45) is 8.11. The summed E-state index contributed by atoms with van der Waals surface area (Å²) in [4.78, 5) is 0. The Morgan fingerprint density at radius 3 is 1.52 bits per heavy atom. The van der Waals surface area contributed by atoms with E-state index in [1.807, 2.05) is 0 Å². The molecule has 0 atom stereocenters. The second-order valence-electron chi connectivity index (χ2n) is 8.47. The van der Waals surface area contributed by atoms with Crippen molar-refractivity contribution >= 4 is 22.1 Å². The van der Waals surface area contributed by atoms with Crippen LogP contribution in [0.4, 0.5) is 0 Å². The van der Waals surface area contributed by atoms with Gasteiger partial charge < -0.3 is 0 Å². The Bertz CT molecular complexity index is 1210. The van der Waals surface area contributed by atoms with Gasteiger partial charge in [0.15, 0.2) is 0 Å². The fraction of sp³-hybridized carbons (Fsp3) is 0.0667. The minimum atomic E-state index is -3.13. The van der Waals surface area contributed by atoms with E-state index in [0.29, 0.717) is 4.75 Å². The summed E-state index contributed by atoms with van der Waals surface area (Å²) in [6, 6.07) is 41.0. The fourth-order valence-corrected chi connectivity index (χ4v) is 18.0. The Hall–Kier alpha value is -3.10. The Kier molecular flexibility index (Phi) is 4.54. The van der Waals surface area contributed by atoms with Crippen LogP contribution in [0.3, 0.4) is 0 Å². The van der Waals surface area contributed by atoms with E-state index in [0.717, 1.165) is 6.42 Å². The molecule has 0 spiro atoms. The third kappa shape index (κ3) is 2.75. The predicted octanol–water partition coefficient (Wildman–Crippen LogP) is 6.03. The monoisotopic (exact) mass is 458 g/mol. The van der Waals surface area contributed by atoms with Crippen molar-refractivity contribution in [1.82, 2.24) is 0 Å². The van der Waals surface area contributed by atoms with Gasteiger partial charge in [-0.3, -0.25) is 0 Å². The zero-order chi connectivity index (χ0) is 20.7. The fourth-order valence-electron chi connectivity index (χ4n) is 5.82. The molecule has 0 aromatic heterocycles. The molecule has 0 nitrogen and oxygen atoms in total. The van der Waals surface area contributed by atoms with Crippen LogP contribution in [-0.4, -0.2) is 13.3 Å². The summed E-state index contributed by atoms with van der Waals surface area (Å²) in [6.45, 7) is 0. The van der Waals surface area contributed by atoms with Gasteiger partial charge in [-0.2, -0.15) is 0 Å². The van der Waals surface area contributed by atoms with Crippen molar-refractivity contribution in [3.8, 4) is 11.1 Å². The van der Waals surface area contributed by atoms with E-state index in [-0.39, 0.29) is 0 Å². The molecule has 0 saturated carbocycles. The van der Waals surface area contributed by atoms with Crippen LogP contribution in [0, 0.1) is 0 Å². The third-order valence-electron chi connectivity index (χ3n) is 7.00. The molecule has 4 aromatic rings. The quantitative estimate of drug-likeness (QED) is 0.329. The molecule has 31 heavy (non-hydrogen) atoms. The van der Waals surface area contributed by atoms with Crippen LogP contribution in [-0.2, 0) is 0 Å². The van der Waals surface area contributed by atoms with Crippen molar-refractivity contribution in [2.75, 3.05) is 0 Å². The SMILES string of the molecule is C1=CC[C]([Ge]([c]2ccccc2)([c]2ccccc2)[CH]2c3ccccc3-c3ccccc32)=C1. The summed E-state index contributed by atoms with van der Waals surface area (Å²) >= 11 is -3.13. The van der Waals surface area contributed by atoms with E-state index < -0.39 is 13.3 Å². The average molecular weight is 457 g/mol. The first-order chi connectivity index (χ1) is 15.4. The first-order valence-electron chi connectivity index (χ1n) is 11.1. The molecule has 0 saturated heterocycles. The van der Waals surface area contributed by atoms with Crippen molar-refractivity contribution < 1.29 is 0 Å². The molecule has 0 heterocycles. The van der Waals surface area contributed by atoms with Crippen molar-refractivity contribution in [1.29, 1.82) is 0 Å². The van der Waals surface area contributed by atoms with Crippen LogP contribution in [0.2, 0.25) is 0 Å². The predicted molar refractivity (Wildman–Crippen MR) is 133 cm³/mol. The zero-order valence-corrected chi connectivity index (χ0v) is 19.5. The van der Waals surface area contributed by atoms with Gasteiger partial charge in [0.1, 0.15) is 0 Å². The maximum atomic E-state index is 2.43. The van der Waals surface area contributed by atoms with Crippen molar-refractivity contribution in [3.63, 3.8) is 0 Å². The van der Waals surface area contributed by atoms with E-state index in [2.05, 4.69) is 127 Å². The molecule has 1 heteroatoms. The molecule has 0 bridgehead atoms. The number of benzene rings is 4. The van der Waals surface area contributed by atoms with Crippen LogP contribution >= 0.6 is 0 Å². The number of hydrogen-bond donors (Lipinski definition) is 0. The molecule has 2 aliphatic carbocycles. The van der Waals surface area contributed by atoms with Crippen LogP contribution in [0.1, 0.15) is 22.3 Å². The van der Waals surface area contributed by atoms with E-state index in [9.17, 15) is 0 Å². The molecule has 0 N–H and O–H groups in total. The molecule has 4 aromatic carbocycles. The van der Waals surface area contributed by atoms with Gasteiger partial charge in [0, 0.05) is 0 Å². The van der Waals surface area contributed by atoms with E-state index >= 15 is 0 Å². The molecule has 2 aliphatic rings. The summed E-state index contributed by atoms with van der Waals surface area (Å²) in [5.41, 5.74) is 5.83. The molecular weight excluding hydrogens is 433 g/mol. The molecule has 0 unspecified atom stereocenters. The van der Waals surface area contributed by atoms with Crippen LogP contribution in [0.5, 0.6) is 0 Å². The summed E-state index contributed by atoms with van der Waals surface area (Å²) in [5.74, 6) is 0. The summed E-state index contributed by atoms with van der Waals surface area (Å²) in [5, 5.41) is 0. The van der Waals surface area contributed by atoms with Gasteiger partial charge >= 0.3 is 187 Å². The number of hydrogen-bond acceptors (Lipinski definition) is 0. The third-order valence-corrected chi connectivity index (χ3v) is 18.2. The summed E-state index contributed by atoms with van der Waals surface area (Å²) in [7, 11) is 0. The standard InChI is InChI=1S/C30H24Ge/c1-3-13-23(14-4-1)31(25-17-7-8-18-25,24-15-5-2-6-16-24)30-28-21-11-9-19-26(28)27-20-10-12-22-29(27)30/h1-17,19-22,30H,18H2. The first kappa shape index (κ1) is 18.7. The van der Waals surface area contributed by atoms with Gasteiger partial charge in [-0.05, 0) is 0 Å². The molecule has 148 valence electrons. The van der Waals surface area contributed by atoms with Gasteiger partial charge in [-0.15, -0.1) is 0 Å². The van der Waals surface area contributed by atoms with Gasteiger partial charge in [-0.25, -0.2) is 0 Å². The second kappa shape index (κ2) is 7.55. The topological polar surface area (TPSA) is 0 Å². The number of rotatable bonds is 4. The Balaban J connectivity index is 1.76. The average Bonchev–Trinajstić information content (AvgIpc) is 3.49. The Morgan fingerprint density at radius 2 is 1.03 bits per heavy atom. The molecule has 0 amide bonds.